The van der Waals surface area contributed by atoms with Crippen molar-refractivity contribution in [3.8, 4) is 5.75 Å². The van der Waals surface area contributed by atoms with E-state index in [0.29, 0.717) is 5.41 Å². The molecule has 1 saturated heterocycles. The third-order valence-electron chi connectivity index (χ3n) is 4.00. The van der Waals surface area contributed by atoms with Gasteiger partial charge >= 0.3 is 0 Å². The Hall–Kier alpha value is -1.06. The van der Waals surface area contributed by atoms with E-state index in [1.165, 1.54) is 18.4 Å². The maximum atomic E-state index is 5.42. The van der Waals surface area contributed by atoms with E-state index in [2.05, 4.69) is 24.4 Å². The molecule has 106 valence electrons. The Morgan fingerprint density at radius 2 is 1.89 bits per heavy atom. The van der Waals surface area contributed by atoms with Crippen LogP contribution in [0.15, 0.2) is 24.3 Å². The summed E-state index contributed by atoms with van der Waals surface area (Å²) in [5.41, 5.74) is 1.77. The number of benzene rings is 1. The first kappa shape index (κ1) is 14.4. The summed E-state index contributed by atoms with van der Waals surface area (Å²) in [6.07, 6.45) is 3.40. The van der Waals surface area contributed by atoms with Crippen molar-refractivity contribution in [2.24, 2.45) is 5.41 Å². The minimum Gasteiger partial charge on any atom is -0.497 e. The minimum atomic E-state index is 0.415. The summed E-state index contributed by atoms with van der Waals surface area (Å²) in [5.74, 6) is 0.923. The second kappa shape index (κ2) is 6.92. The summed E-state index contributed by atoms with van der Waals surface area (Å²) in [7, 11) is 1.70. The molecule has 1 aromatic carbocycles. The van der Waals surface area contributed by atoms with E-state index < -0.39 is 0 Å². The lowest BCUT2D eigenvalue weighted by atomic mass is 9.82. The average Bonchev–Trinajstić information content (AvgIpc) is 2.45. The summed E-state index contributed by atoms with van der Waals surface area (Å²) in [5, 5.41) is 3.59. The van der Waals surface area contributed by atoms with E-state index in [9.17, 15) is 0 Å². The number of ether oxygens (including phenoxy) is 2. The molecule has 0 saturated carbocycles. The van der Waals surface area contributed by atoms with Gasteiger partial charge in [0.1, 0.15) is 5.75 Å². The second-order valence-corrected chi connectivity index (χ2v) is 5.70. The predicted molar refractivity (Wildman–Crippen MR) is 77.7 cm³/mol. The Morgan fingerprint density at radius 3 is 2.53 bits per heavy atom. The van der Waals surface area contributed by atoms with Crippen LogP contribution < -0.4 is 10.1 Å². The summed E-state index contributed by atoms with van der Waals surface area (Å²) in [4.78, 5) is 0. The first-order chi connectivity index (χ1) is 9.22. The van der Waals surface area contributed by atoms with Crippen molar-refractivity contribution >= 4 is 0 Å². The quantitative estimate of drug-likeness (QED) is 0.800. The van der Waals surface area contributed by atoms with Crippen LogP contribution in [0.2, 0.25) is 0 Å². The molecule has 0 unspecified atom stereocenters. The topological polar surface area (TPSA) is 30.5 Å². The molecule has 2 rings (SSSR count). The fourth-order valence-electron chi connectivity index (χ4n) is 2.46. The maximum absolute atomic E-state index is 5.42. The molecule has 1 fully saturated rings. The fourth-order valence-corrected chi connectivity index (χ4v) is 2.46. The molecule has 19 heavy (non-hydrogen) atoms. The Bertz CT molecular complexity index is 369. The summed E-state index contributed by atoms with van der Waals surface area (Å²) in [6, 6.07) is 8.32. The smallest absolute Gasteiger partial charge is 0.118 e. The number of hydrogen-bond donors (Lipinski definition) is 1. The van der Waals surface area contributed by atoms with Crippen LogP contribution in [0.25, 0.3) is 0 Å². The second-order valence-electron chi connectivity index (χ2n) is 5.70. The van der Waals surface area contributed by atoms with Crippen LogP contribution in [-0.2, 0) is 11.2 Å². The van der Waals surface area contributed by atoms with Crippen LogP contribution >= 0.6 is 0 Å². The lowest BCUT2D eigenvalue weighted by Crippen LogP contribution is -2.37. The molecule has 3 nitrogen and oxygen atoms in total. The van der Waals surface area contributed by atoms with Gasteiger partial charge in [-0.1, -0.05) is 19.1 Å². The van der Waals surface area contributed by atoms with Gasteiger partial charge in [0.2, 0.25) is 0 Å². The van der Waals surface area contributed by atoms with Crippen molar-refractivity contribution < 1.29 is 9.47 Å². The van der Waals surface area contributed by atoms with Crippen molar-refractivity contribution in [2.45, 2.75) is 26.2 Å². The normalized spacial score (nSPS) is 18.2. The van der Waals surface area contributed by atoms with Gasteiger partial charge in [0, 0.05) is 19.8 Å². The highest BCUT2D eigenvalue weighted by atomic mass is 16.5. The van der Waals surface area contributed by atoms with Crippen LogP contribution in [0.4, 0.5) is 0 Å². The highest BCUT2D eigenvalue weighted by Crippen LogP contribution is 2.28. The molecule has 1 aliphatic rings. The molecular formula is C16H25NO2. The number of methoxy groups -OCH3 is 1. The number of nitrogens with one attached hydrogen (secondary N) is 1. The van der Waals surface area contributed by atoms with Crippen molar-refractivity contribution in [2.75, 3.05) is 33.4 Å². The van der Waals surface area contributed by atoms with Gasteiger partial charge in [0.05, 0.1) is 7.11 Å². The van der Waals surface area contributed by atoms with Crippen molar-refractivity contribution in [3.05, 3.63) is 29.8 Å². The van der Waals surface area contributed by atoms with Crippen LogP contribution in [0.3, 0.4) is 0 Å². The third-order valence-corrected chi connectivity index (χ3v) is 4.00. The van der Waals surface area contributed by atoms with Crippen molar-refractivity contribution in [3.63, 3.8) is 0 Å². The molecule has 0 bridgehead atoms. The van der Waals surface area contributed by atoms with E-state index in [1.807, 2.05) is 12.1 Å². The molecule has 1 heterocycles. The fraction of sp³-hybridized carbons (Fsp3) is 0.625. The average molecular weight is 263 g/mol. The zero-order chi connectivity index (χ0) is 13.6. The Balaban J connectivity index is 1.68. The SMILES string of the molecule is COc1ccc(CCNCC2(C)CCOCC2)cc1. The maximum Gasteiger partial charge on any atom is 0.118 e. The highest BCUT2D eigenvalue weighted by Gasteiger charge is 2.26. The monoisotopic (exact) mass is 263 g/mol. The van der Waals surface area contributed by atoms with E-state index in [0.717, 1.165) is 38.5 Å². The molecule has 1 aliphatic heterocycles. The van der Waals surface area contributed by atoms with E-state index in [4.69, 9.17) is 9.47 Å². The van der Waals surface area contributed by atoms with Crippen LogP contribution in [0.5, 0.6) is 5.75 Å². The van der Waals surface area contributed by atoms with Gasteiger partial charge in [-0.2, -0.15) is 0 Å². The molecule has 0 aromatic heterocycles. The predicted octanol–water partition coefficient (Wildman–Crippen LogP) is 2.64. The third kappa shape index (κ3) is 4.51. The minimum absolute atomic E-state index is 0.415. The molecule has 0 spiro atoms. The van der Waals surface area contributed by atoms with E-state index >= 15 is 0 Å². The van der Waals surface area contributed by atoms with Gasteiger partial charge in [-0.25, -0.2) is 0 Å². The Labute approximate surface area is 116 Å². The number of rotatable bonds is 6. The lowest BCUT2D eigenvalue weighted by Gasteiger charge is -2.33. The summed E-state index contributed by atoms with van der Waals surface area (Å²) >= 11 is 0. The van der Waals surface area contributed by atoms with Gasteiger partial charge in [-0.3, -0.25) is 0 Å². The highest BCUT2D eigenvalue weighted by molar-refractivity contribution is 5.27. The summed E-state index contributed by atoms with van der Waals surface area (Å²) < 4.78 is 10.6. The van der Waals surface area contributed by atoms with E-state index in [1.54, 1.807) is 7.11 Å². The molecule has 1 aromatic rings. The van der Waals surface area contributed by atoms with Crippen LogP contribution in [0, 0.1) is 5.41 Å². The van der Waals surface area contributed by atoms with Crippen LogP contribution in [-0.4, -0.2) is 33.4 Å². The van der Waals surface area contributed by atoms with Gasteiger partial charge in [-0.15, -0.1) is 0 Å². The van der Waals surface area contributed by atoms with Gasteiger partial charge < -0.3 is 14.8 Å². The van der Waals surface area contributed by atoms with Gasteiger partial charge in [-0.05, 0) is 48.9 Å². The largest absolute Gasteiger partial charge is 0.497 e. The van der Waals surface area contributed by atoms with Gasteiger partial charge in [0.25, 0.3) is 0 Å². The molecule has 0 amide bonds. The summed E-state index contributed by atoms with van der Waals surface area (Å²) in [6.45, 7) is 6.30. The van der Waals surface area contributed by atoms with E-state index in [-0.39, 0.29) is 0 Å². The molecule has 0 aliphatic carbocycles. The Kier molecular flexibility index (Phi) is 5.23. The van der Waals surface area contributed by atoms with Crippen molar-refractivity contribution in [1.29, 1.82) is 0 Å². The molecule has 3 heteroatoms. The Morgan fingerprint density at radius 1 is 1.21 bits per heavy atom. The van der Waals surface area contributed by atoms with Crippen molar-refractivity contribution in [1.82, 2.24) is 5.32 Å². The molecule has 1 N–H and O–H groups in total. The molecular weight excluding hydrogens is 238 g/mol. The van der Waals surface area contributed by atoms with Gasteiger partial charge in [0.15, 0.2) is 0 Å². The first-order valence-electron chi connectivity index (χ1n) is 7.13. The molecule has 0 atom stereocenters. The first-order valence-corrected chi connectivity index (χ1v) is 7.13. The zero-order valence-electron chi connectivity index (χ0n) is 12.1. The number of hydrogen-bond acceptors (Lipinski definition) is 3. The zero-order valence-corrected chi connectivity index (χ0v) is 12.1. The van der Waals surface area contributed by atoms with Crippen LogP contribution in [0.1, 0.15) is 25.3 Å². The standard InChI is InChI=1S/C16H25NO2/c1-16(8-11-19-12-9-16)13-17-10-7-14-3-5-15(18-2)6-4-14/h3-6,17H,7-13H2,1-2H3. The lowest BCUT2D eigenvalue weighted by molar-refractivity contribution is 0.0242. The molecule has 0 radical (unpaired) electrons.